The van der Waals surface area contributed by atoms with Gasteiger partial charge < -0.3 is 10.6 Å². The number of rotatable bonds is 6. The molecule has 3 N–H and O–H groups in total. The lowest BCUT2D eigenvalue weighted by molar-refractivity contribution is -0.141. The van der Waals surface area contributed by atoms with E-state index >= 15 is 0 Å². The highest BCUT2D eigenvalue weighted by Gasteiger charge is 2.32. The fraction of sp³-hybridized carbons (Fsp3) is 0.167. The first-order valence-corrected chi connectivity index (χ1v) is 10.6. The predicted octanol–water partition coefficient (Wildman–Crippen LogP) is 4.86. The third kappa shape index (κ3) is 5.24. The third-order valence-corrected chi connectivity index (χ3v) is 5.88. The van der Waals surface area contributed by atoms with Crippen LogP contribution >= 0.6 is 22.7 Å². The van der Waals surface area contributed by atoms with E-state index in [-0.39, 0.29) is 5.69 Å². The predicted molar refractivity (Wildman–Crippen MR) is 114 cm³/mol. The molecule has 0 spiro atoms. The fourth-order valence-electron chi connectivity index (χ4n) is 2.59. The Balaban J connectivity index is 1.27. The summed E-state index contributed by atoms with van der Waals surface area (Å²) in [4.78, 5) is 28.9. The molecule has 0 aromatic carbocycles. The Morgan fingerprint density at radius 1 is 1.03 bits per heavy atom. The number of alkyl halides is 3. The largest absolute Gasteiger partial charge is 0.433 e. The number of carbonyl (C=O) groups excluding carboxylic acids is 1. The van der Waals surface area contributed by atoms with Crippen molar-refractivity contribution in [3.63, 3.8) is 0 Å². The molecular formula is C18H14F3N7OS2. The number of thiophene rings is 1. The Morgan fingerprint density at radius 2 is 1.90 bits per heavy atom. The summed E-state index contributed by atoms with van der Waals surface area (Å²) in [7, 11) is 0. The van der Waals surface area contributed by atoms with Gasteiger partial charge in [-0.1, -0.05) is 0 Å². The second-order valence-corrected chi connectivity index (χ2v) is 8.21. The number of hydrogen-bond donors (Lipinski definition) is 3. The van der Waals surface area contributed by atoms with Gasteiger partial charge in [0.2, 0.25) is 0 Å². The van der Waals surface area contributed by atoms with Crippen molar-refractivity contribution in [2.45, 2.75) is 12.6 Å². The molecule has 31 heavy (non-hydrogen) atoms. The van der Waals surface area contributed by atoms with Gasteiger partial charge >= 0.3 is 12.2 Å². The number of carbonyl (C=O) groups is 1. The van der Waals surface area contributed by atoms with E-state index in [1.807, 2.05) is 11.4 Å². The summed E-state index contributed by atoms with van der Waals surface area (Å²) in [6.45, 7) is 0.620. The molecule has 0 unspecified atom stereocenters. The topological polar surface area (TPSA) is 105 Å². The minimum Gasteiger partial charge on any atom is -0.368 e. The number of halogens is 3. The third-order valence-electron chi connectivity index (χ3n) is 3.99. The van der Waals surface area contributed by atoms with Crippen LogP contribution in [-0.4, -0.2) is 32.5 Å². The molecular weight excluding hydrogens is 451 g/mol. The number of fused-ring (bicyclic) bond motifs is 1. The van der Waals surface area contributed by atoms with Gasteiger partial charge in [0.05, 0.1) is 22.1 Å². The van der Waals surface area contributed by atoms with Crippen LogP contribution in [0, 0.1) is 0 Å². The number of urea groups is 1. The molecule has 4 aromatic rings. The lowest BCUT2D eigenvalue weighted by atomic mass is 10.3. The zero-order valence-electron chi connectivity index (χ0n) is 15.6. The molecule has 4 rings (SSSR count). The molecule has 0 radical (unpaired) electrons. The number of nitrogens with one attached hydrogen (secondary N) is 3. The van der Waals surface area contributed by atoms with E-state index in [1.54, 1.807) is 17.5 Å². The first-order valence-electron chi connectivity index (χ1n) is 8.86. The zero-order valence-corrected chi connectivity index (χ0v) is 17.2. The first-order chi connectivity index (χ1) is 14.9. The van der Waals surface area contributed by atoms with E-state index in [4.69, 9.17) is 0 Å². The summed E-state index contributed by atoms with van der Waals surface area (Å²) in [5.41, 5.74) is -0.00401. The van der Waals surface area contributed by atoms with Crippen LogP contribution in [0.2, 0.25) is 0 Å². The van der Waals surface area contributed by atoms with Gasteiger partial charge in [-0.05, 0) is 23.6 Å². The molecule has 13 heteroatoms. The van der Waals surface area contributed by atoms with E-state index in [9.17, 15) is 18.0 Å². The van der Waals surface area contributed by atoms with E-state index in [0.29, 0.717) is 18.1 Å². The van der Waals surface area contributed by atoms with E-state index in [2.05, 4.69) is 35.9 Å². The molecule has 0 aliphatic carbocycles. The molecule has 0 saturated carbocycles. The van der Waals surface area contributed by atoms with Crippen molar-refractivity contribution in [2.75, 3.05) is 22.5 Å². The van der Waals surface area contributed by atoms with Crippen LogP contribution in [0.25, 0.3) is 10.2 Å². The minimum absolute atomic E-state index is 0.135. The summed E-state index contributed by atoms with van der Waals surface area (Å²) in [6, 6.07) is 3.24. The van der Waals surface area contributed by atoms with Crippen LogP contribution in [0.3, 0.4) is 0 Å². The standard InChI is InChI=1S/C18H14F3N7OS2/c19-18(20,21)13-2-1-10(7-23-13)27-16(29)28-17-24-8-11(31-17)3-5-22-15-14-12(4-6-30-14)25-9-26-15/h1-2,4,6-9H,3,5H2,(H,22,25,26)(H2,24,27,28,29). The molecule has 4 heterocycles. The highest BCUT2D eigenvalue weighted by atomic mass is 32.1. The monoisotopic (exact) mass is 465 g/mol. The van der Waals surface area contributed by atoms with Gasteiger partial charge in [0.1, 0.15) is 17.8 Å². The molecule has 2 amide bonds. The molecule has 0 bridgehead atoms. The van der Waals surface area contributed by atoms with Gasteiger partial charge in [0, 0.05) is 24.0 Å². The van der Waals surface area contributed by atoms with Crippen LogP contribution in [0.4, 0.5) is 34.6 Å². The molecule has 160 valence electrons. The van der Waals surface area contributed by atoms with Crippen molar-refractivity contribution in [2.24, 2.45) is 0 Å². The molecule has 0 saturated heterocycles. The SMILES string of the molecule is O=C(Nc1ccc(C(F)(F)F)nc1)Nc1ncc(CCNc2ncnc3ccsc23)s1. The lowest BCUT2D eigenvalue weighted by Gasteiger charge is -2.08. The van der Waals surface area contributed by atoms with E-state index in [0.717, 1.165) is 39.2 Å². The van der Waals surface area contributed by atoms with Crippen molar-refractivity contribution < 1.29 is 18.0 Å². The summed E-state index contributed by atoms with van der Waals surface area (Å²) >= 11 is 2.86. The van der Waals surface area contributed by atoms with Gasteiger partial charge in [0.25, 0.3) is 0 Å². The molecule has 0 atom stereocenters. The van der Waals surface area contributed by atoms with Crippen LogP contribution in [0.5, 0.6) is 0 Å². The molecule has 8 nitrogen and oxygen atoms in total. The summed E-state index contributed by atoms with van der Waals surface area (Å²) < 4.78 is 38.6. The van der Waals surface area contributed by atoms with Crippen molar-refractivity contribution in [1.29, 1.82) is 0 Å². The van der Waals surface area contributed by atoms with E-state index < -0.39 is 17.9 Å². The highest BCUT2D eigenvalue weighted by molar-refractivity contribution is 7.17. The Bertz CT molecular complexity index is 1190. The number of hydrogen-bond acceptors (Lipinski definition) is 8. The first kappa shape index (κ1) is 20.9. The molecule has 0 aliphatic heterocycles. The number of pyridine rings is 1. The Kier molecular flexibility index (Phi) is 5.95. The van der Waals surface area contributed by atoms with Crippen molar-refractivity contribution >= 4 is 55.6 Å². The van der Waals surface area contributed by atoms with Gasteiger partial charge in [-0.15, -0.1) is 22.7 Å². The number of nitrogens with zero attached hydrogens (tertiary/aromatic N) is 4. The Morgan fingerprint density at radius 3 is 2.68 bits per heavy atom. The van der Waals surface area contributed by atoms with Gasteiger partial charge in [-0.3, -0.25) is 5.32 Å². The van der Waals surface area contributed by atoms with Crippen molar-refractivity contribution in [3.8, 4) is 0 Å². The maximum Gasteiger partial charge on any atom is 0.433 e. The number of aromatic nitrogens is 4. The van der Waals surface area contributed by atoms with Crippen LogP contribution in [-0.2, 0) is 12.6 Å². The highest BCUT2D eigenvalue weighted by Crippen LogP contribution is 2.28. The second kappa shape index (κ2) is 8.81. The smallest absolute Gasteiger partial charge is 0.368 e. The van der Waals surface area contributed by atoms with Gasteiger partial charge in [0.15, 0.2) is 5.13 Å². The Hall–Kier alpha value is -3.32. The van der Waals surface area contributed by atoms with Gasteiger partial charge in [-0.25, -0.2) is 24.7 Å². The molecule has 0 aliphatic rings. The summed E-state index contributed by atoms with van der Waals surface area (Å²) in [5.74, 6) is 0.771. The maximum atomic E-state index is 12.5. The average molecular weight is 465 g/mol. The maximum absolute atomic E-state index is 12.5. The van der Waals surface area contributed by atoms with E-state index in [1.165, 1.54) is 17.7 Å². The second-order valence-electron chi connectivity index (χ2n) is 6.17. The average Bonchev–Trinajstić information content (AvgIpc) is 3.37. The van der Waals surface area contributed by atoms with Crippen LogP contribution < -0.4 is 16.0 Å². The molecule has 4 aromatic heterocycles. The quantitative estimate of drug-likeness (QED) is 0.376. The van der Waals surface area contributed by atoms with Gasteiger partial charge in [-0.2, -0.15) is 13.2 Å². The zero-order chi connectivity index (χ0) is 21.8. The Labute approximate surface area is 181 Å². The van der Waals surface area contributed by atoms with Crippen LogP contribution in [0.1, 0.15) is 10.6 Å². The number of thiazole rings is 1. The normalized spacial score (nSPS) is 11.5. The fourth-order valence-corrected chi connectivity index (χ4v) is 4.21. The van der Waals surface area contributed by atoms with Crippen LogP contribution in [0.15, 0.2) is 42.3 Å². The van der Waals surface area contributed by atoms with Crippen molar-refractivity contribution in [1.82, 2.24) is 19.9 Å². The summed E-state index contributed by atoms with van der Waals surface area (Å²) in [6.07, 6.45) is 0.245. The molecule has 0 fully saturated rings. The van der Waals surface area contributed by atoms with Crippen molar-refractivity contribution in [3.05, 3.63) is 52.9 Å². The summed E-state index contributed by atoms with van der Waals surface area (Å²) in [5, 5.41) is 10.6. The lowest BCUT2D eigenvalue weighted by Crippen LogP contribution is -2.19. The number of amides is 2. The minimum atomic E-state index is -4.53. The number of anilines is 3.